The molecule has 4 heterocycles. The van der Waals surface area contributed by atoms with Crippen LogP contribution < -0.4 is 5.56 Å². The third kappa shape index (κ3) is 5.15. The quantitative estimate of drug-likeness (QED) is 0.130. The molecule has 14 heteroatoms. The van der Waals surface area contributed by atoms with Gasteiger partial charge in [-0.3, -0.25) is 9.36 Å². The maximum Gasteiger partial charge on any atom is 0.352 e. The first kappa shape index (κ1) is 29.6. The second-order valence-electron chi connectivity index (χ2n) is 10.7. The molecule has 0 saturated heterocycles. The zero-order valence-electron chi connectivity index (χ0n) is 23.4. The summed E-state index contributed by atoms with van der Waals surface area (Å²) in [5, 5.41) is 0.855. The monoisotopic (exact) mass is 605 g/mol. The van der Waals surface area contributed by atoms with Gasteiger partial charge in [-0.1, -0.05) is 25.1 Å². The number of benzene rings is 1. The van der Waals surface area contributed by atoms with Crippen LogP contribution in [0.2, 0.25) is 0 Å². The van der Waals surface area contributed by atoms with Crippen LogP contribution in [0, 0.1) is 0 Å². The Labute approximate surface area is 237 Å². The van der Waals surface area contributed by atoms with Gasteiger partial charge in [0, 0.05) is 35.8 Å². The van der Waals surface area contributed by atoms with Gasteiger partial charge in [0.15, 0.2) is 0 Å². The van der Waals surface area contributed by atoms with Gasteiger partial charge in [-0.15, -0.1) is 4.67 Å². The Hall–Kier alpha value is -2.93. The van der Waals surface area contributed by atoms with Crippen LogP contribution in [0.5, 0.6) is 0 Å². The van der Waals surface area contributed by atoms with Gasteiger partial charge in [-0.25, -0.2) is 23.1 Å². The van der Waals surface area contributed by atoms with E-state index < -0.39 is 34.7 Å². The van der Waals surface area contributed by atoms with Crippen molar-refractivity contribution in [3.63, 3.8) is 0 Å². The molecule has 41 heavy (non-hydrogen) atoms. The lowest BCUT2D eigenvalue weighted by atomic mass is 9.86. The normalized spacial score (nSPS) is 19.7. The van der Waals surface area contributed by atoms with E-state index in [1.54, 1.807) is 17.6 Å². The number of aromatic nitrogens is 2. The highest BCUT2D eigenvalue weighted by Crippen LogP contribution is 2.46. The van der Waals surface area contributed by atoms with Gasteiger partial charge in [0.25, 0.3) is 5.56 Å². The van der Waals surface area contributed by atoms with Crippen LogP contribution in [0.15, 0.2) is 35.1 Å². The van der Waals surface area contributed by atoms with Gasteiger partial charge in [0.2, 0.25) is 15.6 Å². The van der Waals surface area contributed by atoms with E-state index in [4.69, 9.17) is 19.3 Å². The minimum atomic E-state index is -4.15. The molecular formula is C27H32N3O9PS. The molecule has 2 aromatic heterocycles. The number of rotatable bonds is 9. The van der Waals surface area contributed by atoms with Gasteiger partial charge in [-0.2, -0.15) is 4.31 Å². The SMILES string of the molecule is CC[C@@]1(OOP(C)(=O)O)C(=O)OCc2c1cc1n(c2=O)Cc2c-1nc1ccccc1c2CCN(C(C)C)S(C)(=O)=O. The first-order valence-electron chi connectivity index (χ1n) is 13.2. The third-order valence-electron chi connectivity index (χ3n) is 7.58. The highest BCUT2D eigenvalue weighted by atomic mass is 32.2. The Morgan fingerprint density at radius 2 is 1.95 bits per heavy atom. The molecule has 220 valence electrons. The maximum atomic E-state index is 13.8. The van der Waals surface area contributed by atoms with E-state index in [9.17, 15) is 27.5 Å². The fourth-order valence-corrected chi connectivity index (χ4v) is 7.14. The molecule has 0 fully saturated rings. The second kappa shape index (κ2) is 10.4. The molecule has 2 aliphatic rings. The zero-order valence-corrected chi connectivity index (χ0v) is 25.1. The Balaban J connectivity index is 1.69. The van der Waals surface area contributed by atoms with Crippen LogP contribution in [-0.2, 0) is 58.9 Å². The van der Waals surface area contributed by atoms with Crippen LogP contribution in [0.25, 0.3) is 22.3 Å². The van der Waals surface area contributed by atoms with Crippen molar-refractivity contribution in [2.24, 2.45) is 0 Å². The van der Waals surface area contributed by atoms with Crippen molar-refractivity contribution in [2.75, 3.05) is 19.5 Å². The smallest absolute Gasteiger partial charge is 0.352 e. The van der Waals surface area contributed by atoms with Crippen LogP contribution in [-0.4, -0.2) is 58.6 Å². The fourth-order valence-electron chi connectivity index (χ4n) is 5.69. The lowest BCUT2D eigenvalue weighted by Crippen LogP contribution is -2.46. The Kier molecular flexibility index (Phi) is 7.50. The molecule has 5 rings (SSSR count). The van der Waals surface area contributed by atoms with Crippen molar-refractivity contribution >= 4 is 34.5 Å². The molecule has 2 atom stereocenters. The van der Waals surface area contributed by atoms with Gasteiger partial charge in [-0.05, 0) is 44.4 Å². The van der Waals surface area contributed by atoms with Crippen molar-refractivity contribution in [1.82, 2.24) is 13.9 Å². The predicted molar refractivity (Wildman–Crippen MR) is 151 cm³/mol. The van der Waals surface area contributed by atoms with E-state index in [2.05, 4.69) is 0 Å². The van der Waals surface area contributed by atoms with Crippen molar-refractivity contribution < 1.29 is 37.0 Å². The van der Waals surface area contributed by atoms with Crippen molar-refractivity contribution in [2.45, 2.75) is 58.4 Å². The number of sulfonamides is 1. The van der Waals surface area contributed by atoms with E-state index in [1.165, 1.54) is 10.6 Å². The number of hydrogen-bond acceptors (Lipinski definition) is 9. The summed E-state index contributed by atoms with van der Waals surface area (Å²) in [6.07, 6.45) is 1.53. The summed E-state index contributed by atoms with van der Waals surface area (Å²) in [6.45, 7) is 6.30. The molecule has 0 spiro atoms. The molecule has 0 saturated carbocycles. The first-order valence-corrected chi connectivity index (χ1v) is 17.0. The molecular weight excluding hydrogens is 573 g/mol. The second-order valence-corrected chi connectivity index (χ2v) is 14.4. The summed E-state index contributed by atoms with van der Waals surface area (Å²) < 4.78 is 49.8. The van der Waals surface area contributed by atoms with E-state index in [-0.39, 0.29) is 43.3 Å². The lowest BCUT2D eigenvalue weighted by molar-refractivity contribution is -0.303. The minimum absolute atomic E-state index is 0.0402. The van der Waals surface area contributed by atoms with Gasteiger partial charge < -0.3 is 14.2 Å². The van der Waals surface area contributed by atoms with Crippen molar-refractivity contribution in [3.8, 4) is 11.4 Å². The third-order valence-corrected chi connectivity index (χ3v) is 9.39. The Morgan fingerprint density at radius 3 is 2.59 bits per heavy atom. The van der Waals surface area contributed by atoms with Crippen molar-refractivity contribution in [1.29, 1.82) is 0 Å². The number of hydrogen-bond donors (Lipinski definition) is 1. The number of pyridine rings is 2. The van der Waals surface area contributed by atoms with Crippen LogP contribution >= 0.6 is 7.60 Å². The molecule has 0 radical (unpaired) electrons. The summed E-state index contributed by atoms with van der Waals surface area (Å²) in [5.41, 5.74) is 1.31. The van der Waals surface area contributed by atoms with Crippen LogP contribution in [0.1, 0.15) is 49.4 Å². The highest BCUT2D eigenvalue weighted by Gasteiger charge is 2.50. The number of esters is 1. The first-order chi connectivity index (χ1) is 19.2. The molecule has 12 nitrogen and oxygen atoms in total. The standard InChI is InChI=1S/C27H32N3O9PS/c1-6-27(38-39-40(4,33)34)21-13-23-24-19(14-29(23)25(31)20(21)15-37-26(27)32)17(18-9-7-8-10-22(18)28-24)11-12-30(16(2)3)41(5,35)36/h7-10,13,16H,6,11-12,14-15H2,1-5H3,(H,33,34)/t27-/m0/s1. The number of para-hydroxylation sites is 1. The van der Waals surface area contributed by atoms with E-state index in [1.807, 2.05) is 38.1 Å². The molecule has 0 amide bonds. The van der Waals surface area contributed by atoms with Crippen LogP contribution in [0.4, 0.5) is 0 Å². The predicted octanol–water partition coefficient (Wildman–Crippen LogP) is 3.06. The summed E-state index contributed by atoms with van der Waals surface area (Å²) in [6, 6.07) is 8.89. The zero-order chi connectivity index (χ0) is 29.9. The molecule has 0 bridgehead atoms. The Morgan fingerprint density at radius 1 is 1.24 bits per heavy atom. The number of cyclic esters (lactones) is 1. The summed E-state index contributed by atoms with van der Waals surface area (Å²) >= 11 is 0. The van der Waals surface area contributed by atoms with E-state index in [0.717, 1.165) is 23.2 Å². The highest BCUT2D eigenvalue weighted by molar-refractivity contribution is 7.88. The molecule has 0 aliphatic carbocycles. The average molecular weight is 606 g/mol. The Bertz CT molecular complexity index is 1780. The summed E-state index contributed by atoms with van der Waals surface area (Å²) in [7, 11) is -7.61. The molecule has 1 unspecified atom stereocenters. The minimum Gasteiger partial charge on any atom is -0.458 e. The fraction of sp³-hybridized carbons (Fsp3) is 0.444. The van der Waals surface area contributed by atoms with Gasteiger partial charge in [0.05, 0.1) is 35.3 Å². The number of carbonyl (C=O) groups excluding carboxylic acids is 1. The van der Waals surface area contributed by atoms with E-state index >= 15 is 0 Å². The largest absolute Gasteiger partial charge is 0.458 e. The number of carbonyl (C=O) groups is 1. The van der Waals surface area contributed by atoms with E-state index in [0.29, 0.717) is 23.3 Å². The number of fused-ring (bicyclic) bond motifs is 5. The van der Waals surface area contributed by atoms with Gasteiger partial charge in [0.1, 0.15) is 6.61 Å². The van der Waals surface area contributed by atoms with Gasteiger partial charge >= 0.3 is 13.6 Å². The number of ether oxygens (including phenoxy) is 1. The maximum absolute atomic E-state index is 13.8. The average Bonchev–Trinajstić information content (AvgIpc) is 3.25. The van der Waals surface area contributed by atoms with Crippen LogP contribution in [0.3, 0.4) is 0 Å². The summed E-state index contributed by atoms with van der Waals surface area (Å²) in [5.74, 6) is -0.842. The summed E-state index contributed by atoms with van der Waals surface area (Å²) in [4.78, 5) is 46.7. The molecule has 1 N–H and O–H groups in total. The topological polar surface area (TPSA) is 154 Å². The lowest BCUT2D eigenvalue weighted by Gasteiger charge is -2.34. The number of nitrogens with zero attached hydrogens (tertiary/aromatic N) is 3. The molecule has 3 aromatic rings. The van der Waals surface area contributed by atoms with Crippen molar-refractivity contribution in [3.05, 3.63) is 62.9 Å². The molecule has 2 aliphatic heterocycles. The molecule has 1 aromatic carbocycles.